The molecule has 5 heteroatoms. The van der Waals surface area contributed by atoms with Crippen LogP contribution < -0.4 is 0 Å². The Labute approximate surface area is 125 Å². The van der Waals surface area contributed by atoms with E-state index in [1.54, 1.807) is 11.8 Å². The largest absolute Gasteiger partial charge is 0.481 e. The molecule has 1 N–H and O–H groups in total. The van der Waals surface area contributed by atoms with Gasteiger partial charge in [0.25, 0.3) is 0 Å². The fraction of sp³-hybridized carbons (Fsp3) is 0.125. The van der Waals surface area contributed by atoms with E-state index in [0.717, 1.165) is 21.6 Å². The van der Waals surface area contributed by atoms with Crippen LogP contribution in [0.1, 0.15) is 11.5 Å². The van der Waals surface area contributed by atoms with Crippen molar-refractivity contribution in [3.8, 4) is 0 Å². The first-order valence-corrected chi connectivity index (χ1v) is 7.47. The Bertz CT molecular complexity index is 732. The lowest BCUT2D eigenvalue weighted by molar-refractivity contribution is -0.136. The number of benzene rings is 2. The first-order valence-electron chi connectivity index (χ1n) is 6.49. The fourth-order valence-corrected chi connectivity index (χ4v) is 2.75. The average molecular weight is 299 g/mol. The number of para-hydroxylation sites is 2. The smallest absolute Gasteiger partial charge is 0.307 e. The Morgan fingerprint density at radius 1 is 1.14 bits per heavy atom. The number of hydrogen-bond donors (Lipinski definition) is 1. The quantitative estimate of drug-likeness (QED) is 0.727. The molecule has 0 unspecified atom stereocenters. The summed E-state index contributed by atoms with van der Waals surface area (Å²) in [5.41, 5.74) is 2.46. The summed E-state index contributed by atoms with van der Waals surface area (Å²) in [5.74, 6) is 0.519. The topological polar surface area (TPSA) is 63.3 Å². The number of oxazole rings is 1. The lowest BCUT2D eigenvalue weighted by Gasteiger charge is -2.01. The number of carboxylic acid groups (broad SMARTS) is 1. The molecule has 0 spiro atoms. The monoisotopic (exact) mass is 299 g/mol. The van der Waals surface area contributed by atoms with Gasteiger partial charge in [-0.05, 0) is 29.8 Å². The maximum absolute atomic E-state index is 10.6. The number of aromatic nitrogens is 1. The maximum atomic E-state index is 10.6. The highest BCUT2D eigenvalue weighted by molar-refractivity contribution is 7.98. The molecule has 0 amide bonds. The summed E-state index contributed by atoms with van der Waals surface area (Å²) in [4.78, 5) is 16.1. The van der Waals surface area contributed by atoms with Gasteiger partial charge in [-0.1, -0.05) is 24.3 Å². The van der Waals surface area contributed by atoms with Crippen molar-refractivity contribution in [3.63, 3.8) is 0 Å². The number of hydrogen-bond acceptors (Lipinski definition) is 4. The number of aliphatic carboxylic acids is 1. The zero-order chi connectivity index (χ0) is 14.7. The molecule has 106 valence electrons. The van der Waals surface area contributed by atoms with Crippen LogP contribution in [-0.4, -0.2) is 16.1 Å². The third-order valence-electron chi connectivity index (χ3n) is 2.98. The lowest BCUT2D eigenvalue weighted by atomic mass is 10.2. The van der Waals surface area contributed by atoms with E-state index >= 15 is 0 Å². The summed E-state index contributed by atoms with van der Waals surface area (Å²) in [7, 11) is 0. The summed E-state index contributed by atoms with van der Waals surface area (Å²) < 4.78 is 5.66. The number of fused-ring (bicyclic) bond motifs is 1. The second-order valence-electron chi connectivity index (χ2n) is 4.58. The van der Waals surface area contributed by atoms with E-state index in [-0.39, 0.29) is 6.42 Å². The zero-order valence-electron chi connectivity index (χ0n) is 11.2. The zero-order valence-corrected chi connectivity index (χ0v) is 12.0. The van der Waals surface area contributed by atoms with Crippen LogP contribution in [0.5, 0.6) is 0 Å². The maximum Gasteiger partial charge on any atom is 0.307 e. The molecule has 0 bridgehead atoms. The first-order chi connectivity index (χ1) is 10.2. The SMILES string of the molecule is O=C(O)Cc1ccc(SCc2nc3ccccc3o2)cc1. The van der Waals surface area contributed by atoms with E-state index in [0.29, 0.717) is 11.6 Å². The van der Waals surface area contributed by atoms with Gasteiger partial charge in [-0.3, -0.25) is 4.79 Å². The van der Waals surface area contributed by atoms with Gasteiger partial charge >= 0.3 is 5.97 Å². The molecule has 0 radical (unpaired) electrons. The van der Waals surface area contributed by atoms with Crippen molar-refractivity contribution in [1.82, 2.24) is 4.98 Å². The van der Waals surface area contributed by atoms with Crippen molar-refractivity contribution >= 4 is 28.8 Å². The van der Waals surface area contributed by atoms with Crippen LogP contribution in [-0.2, 0) is 17.0 Å². The van der Waals surface area contributed by atoms with Crippen molar-refractivity contribution in [2.24, 2.45) is 0 Å². The predicted molar refractivity (Wildman–Crippen MR) is 81.4 cm³/mol. The van der Waals surface area contributed by atoms with Crippen LogP contribution in [0, 0.1) is 0 Å². The van der Waals surface area contributed by atoms with Crippen molar-refractivity contribution in [1.29, 1.82) is 0 Å². The minimum absolute atomic E-state index is 0.0517. The molecule has 3 rings (SSSR count). The number of carbonyl (C=O) groups is 1. The minimum Gasteiger partial charge on any atom is -0.481 e. The third-order valence-corrected chi connectivity index (χ3v) is 3.98. The van der Waals surface area contributed by atoms with E-state index < -0.39 is 5.97 Å². The molecule has 0 aliphatic carbocycles. The highest BCUT2D eigenvalue weighted by atomic mass is 32.2. The van der Waals surface area contributed by atoms with Crippen LogP contribution >= 0.6 is 11.8 Å². The Morgan fingerprint density at radius 3 is 2.62 bits per heavy atom. The normalized spacial score (nSPS) is 10.9. The molecule has 0 saturated carbocycles. The van der Waals surface area contributed by atoms with Gasteiger partial charge in [-0.2, -0.15) is 0 Å². The summed E-state index contributed by atoms with van der Waals surface area (Å²) in [5, 5.41) is 8.73. The Hall–Kier alpha value is -2.27. The standard InChI is InChI=1S/C16H13NO3S/c18-16(19)9-11-5-7-12(8-6-11)21-10-15-17-13-3-1-2-4-14(13)20-15/h1-8H,9-10H2,(H,18,19). The molecule has 1 heterocycles. The molecule has 4 nitrogen and oxygen atoms in total. The van der Waals surface area contributed by atoms with Crippen molar-refractivity contribution in [2.45, 2.75) is 17.1 Å². The molecule has 2 aromatic carbocycles. The van der Waals surface area contributed by atoms with Crippen LogP contribution in [0.4, 0.5) is 0 Å². The molecule has 3 aromatic rings. The van der Waals surface area contributed by atoms with Gasteiger partial charge in [0.05, 0.1) is 12.2 Å². The fourth-order valence-electron chi connectivity index (χ4n) is 2.00. The molecule has 0 aliphatic heterocycles. The number of carboxylic acids is 1. The van der Waals surface area contributed by atoms with Gasteiger partial charge in [0.15, 0.2) is 5.58 Å². The Balaban J connectivity index is 1.65. The summed E-state index contributed by atoms with van der Waals surface area (Å²) in [6.45, 7) is 0. The van der Waals surface area contributed by atoms with Gasteiger partial charge in [0.1, 0.15) is 5.52 Å². The second-order valence-corrected chi connectivity index (χ2v) is 5.63. The Morgan fingerprint density at radius 2 is 1.90 bits per heavy atom. The van der Waals surface area contributed by atoms with E-state index in [1.165, 1.54) is 0 Å². The molecule has 0 aliphatic rings. The van der Waals surface area contributed by atoms with Gasteiger partial charge in [0.2, 0.25) is 5.89 Å². The second kappa shape index (κ2) is 6.01. The highest BCUT2D eigenvalue weighted by Crippen LogP contribution is 2.25. The van der Waals surface area contributed by atoms with Gasteiger partial charge in [0, 0.05) is 4.90 Å². The van der Waals surface area contributed by atoms with E-state index in [1.807, 2.05) is 48.5 Å². The predicted octanol–water partition coefficient (Wildman–Crippen LogP) is 3.75. The summed E-state index contributed by atoms with van der Waals surface area (Å²) in [6, 6.07) is 15.2. The van der Waals surface area contributed by atoms with Crippen LogP contribution in [0.25, 0.3) is 11.1 Å². The lowest BCUT2D eigenvalue weighted by Crippen LogP contribution is -1.99. The molecular formula is C16H13NO3S. The van der Waals surface area contributed by atoms with Gasteiger partial charge in [-0.25, -0.2) is 4.98 Å². The molecular weight excluding hydrogens is 286 g/mol. The number of nitrogens with zero attached hydrogens (tertiary/aromatic N) is 1. The van der Waals surface area contributed by atoms with Crippen molar-refractivity contribution < 1.29 is 14.3 Å². The van der Waals surface area contributed by atoms with E-state index in [4.69, 9.17) is 9.52 Å². The summed E-state index contributed by atoms with van der Waals surface area (Å²) >= 11 is 1.61. The van der Waals surface area contributed by atoms with Crippen LogP contribution in [0.2, 0.25) is 0 Å². The average Bonchev–Trinajstić information content (AvgIpc) is 2.89. The van der Waals surface area contributed by atoms with Crippen LogP contribution in [0.15, 0.2) is 57.8 Å². The minimum atomic E-state index is -0.818. The molecule has 0 fully saturated rings. The summed E-state index contributed by atoms with van der Waals surface area (Å²) in [6.07, 6.45) is 0.0517. The Kier molecular flexibility index (Phi) is 3.92. The number of thioether (sulfide) groups is 1. The molecule has 0 atom stereocenters. The van der Waals surface area contributed by atoms with Crippen molar-refractivity contribution in [3.05, 3.63) is 60.0 Å². The van der Waals surface area contributed by atoms with Gasteiger partial charge in [-0.15, -0.1) is 11.8 Å². The van der Waals surface area contributed by atoms with E-state index in [9.17, 15) is 4.79 Å². The van der Waals surface area contributed by atoms with Crippen LogP contribution in [0.3, 0.4) is 0 Å². The van der Waals surface area contributed by atoms with Crippen molar-refractivity contribution in [2.75, 3.05) is 0 Å². The van der Waals surface area contributed by atoms with E-state index in [2.05, 4.69) is 4.98 Å². The van der Waals surface area contributed by atoms with Gasteiger partial charge < -0.3 is 9.52 Å². The number of rotatable bonds is 5. The highest BCUT2D eigenvalue weighted by Gasteiger charge is 2.06. The molecule has 1 aromatic heterocycles. The molecule has 0 saturated heterocycles. The first kappa shape index (κ1) is 13.7. The molecule has 21 heavy (non-hydrogen) atoms. The third kappa shape index (κ3) is 3.44.